The van der Waals surface area contributed by atoms with Crippen LogP contribution in [0.5, 0.6) is 0 Å². The Balaban J connectivity index is 1.71. The number of hydrogen-bond acceptors (Lipinski definition) is 5. The number of hydrogen-bond donors (Lipinski definition) is 4. The van der Waals surface area contributed by atoms with Gasteiger partial charge in [0.1, 0.15) is 5.78 Å². The molecule has 6 nitrogen and oxygen atoms in total. The van der Waals surface area contributed by atoms with Crippen molar-refractivity contribution in [2.24, 2.45) is 23.7 Å². The molecule has 0 spiro atoms. The summed E-state index contributed by atoms with van der Waals surface area (Å²) in [5.41, 5.74) is 1.36. The molecule has 6 heteroatoms. The van der Waals surface area contributed by atoms with Gasteiger partial charge in [-0.1, -0.05) is 63.4 Å². The zero-order valence-electron chi connectivity index (χ0n) is 21.0. The summed E-state index contributed by atoms with van der Waals surface area (Å²) in [4.78, 5) is 24.4. The number of aliphatic hydroxyl groups is 3. The first-order chi connectivity index (χ1) is 16.3. The standard InChI is InChI=1S/C28H45NO5/c1-20(14-15-22-10-6-5-7-11-22)16-21(2)28-24(25(32)17-26(28)33)12-8-3-4-9-13-27(34)29-23(18-30)19-31/h5-7,10-11,20-21,23-24,26,28,30-31,33H,3-4,8-9,12-19H2,1-2H3,(H,29,34)/t20-,21-,24?,26+,28+/m0/s1. The van der Waals surface area contributed by atoms with E-state index in [0.717, 1.165) is 51.4 Å². The van der Waals surface area contributed by atoms with E-state index in [2.05, 4.69) is 43.4 Å². The van der Waals surface area contributed by atoms with Crippen molar-refractivity contribution >= 4 is 11.7 Å². The second kappa shape index (κ2) is 15.3. The number of rotatable bonds is 16. The van der Waals surface area contributed by atoms with Crippen LogP contribution in [-0.2, 0) is 16.0 Å². The maximum Gasteiger partial charge on any atom is 0.220 e. The van der Waals surface area contributed by atoms with E-state index in [4.69, 9.17) is 10.2 Å². The van der Waals surface area contributed by atoms with Crippen molar-refractivity contribution in [3.8, 4) is 0 Å². The largest absolute Gasteiger partial charge is 0.394 e. The summed E-state index contributed by atoms with van der Waals surface area (Å²) < 4.78 is 0. The topological polar surface area (TPSA) is 107 Å². The zero-order chi connectivity index (χ0) is 24.9. The smallest absolute Gasteiger partial charge is 0.220 e. The molecule has 1 aliphatic rings. The maximum absolute atomic E-state index is 12.6. The number of ketones is 1. The predicted molar refractivity (Wildman–Crippen MR) is 134 cm³/mol. The Morgan fingerprint density at radius 1 is 1.06 bits per heavy atom. The molecule has 0 heterocycles. The van der Waals surface area contributed by atoms with E-state index in [0.29, 0.717) is 18.3 Å². The first kappa shape index (κ1) is 28.5. The molecule has 0 bridgehead atoms. The fourth-order valence-electron chi connectivity index (χ4n) is 5.53. The van der Waals surface area contributed by atoms with Crippen LogP contribution < -0.4 is 5.32 Å². The van der Waals surface area contributed by atoms with Crippen molar-refractivity contribution < 1.29 is 24.9 Å². The number of aryl methyl sites for hydroxylation is 1. The average Bonchev–Trinajstić information content (AvgIpc) is 3.11. The number of carbonyl (C=O) groups is 2. The van der Waals surface area contributed by atoms with Gasteiger partial charge in [0.25, 0.3) is 0 Å². The van der Waals surface area contributed by atoms with E-state index in [1.807, 2.05) is 6.07 Å². The first-order valence-electron chi connectivity index (χ1n) is 13.1. The first-order valence-corrected chi connectivity index (χ1v) is 13.1. The van der Waals surface area contributed by atoms with E-state index in [9.17, 15) is 14.7 Å². The van der Waals surface area contributed by atoms with Crippen LogP contribution in [0, 0.1) is 23.7 Å². The number of nitrogens with one attached hydrogen (secondary N) is 1. The van der Waals surface area contributed by atoms with E-state index >= 15 is 0 Å². The van der Waals surface area contributed by atoms with Crippen molar-refractivity contribution in [3.05, 3.63) is 35.9 Å². The third-order valence-corrected chi connectivity index (χ3v) is 7.41. The van der Waals surface area contributed by atoms with Gasteiger partial charge < -0.3 is 20.6 Å². The lowest BCUT2D eigenvalue weighted by Gasteiger charge is -2.29. The van der Waals surface area contributed by atoms with Crippen LogP contribution in [0.1, 0.15) is 77.2 Å². The molecule has 5 atom stereocenters. The van der Waals surface area contributed by atoms with Crippen LogP contribution in [0.25, 0.3) is 0 Å². The van der Waals surface area contributed by atoms with Crippen molar-refractivity contribution in [3.63, 3.8) is 0 Å². The van der Waals surface area contributed by atoms with Crippen LogP contribution >= 0.6 is 0 Å². The summed E-state index contributed by atoms with van der Waals surface area (Å²) in [5, 5.41) is 31.3. The molecular weight excluding hydrogens is 430 g/mol. The minimum atomic E-state index is -0.590. The molecule has 4 N–H and O–H groups in total. The van der Waals surface area contributed by atoms with Crippen LogP contribution in [-0.4, -0.2) is 52.4 Å². The second-order valence-electron chi connectivity index (χ2n) is 10.3. The van der Waals surface area contributed by atoms with Gasteiger partial charge in [0, 0.05) is 18.8 Å². The Kier molecular flexibility index (Phi) is 12.8. The molecule has 1 unspecified atom stereocenters. The summed E-state index contributed by atoms with van der Waals surface area (Å²) in [6.45, 7) is 3.93. The molecule has 1 saturated carbocycles. The lowest BCUT2D eigenvalue weighted by atomic mass is 9.76. The quantitative estimate of drug-likeness (QED) is 0.273. The summed E-state index contributed by atoms with van der Waals surface area (Å²) in [7, 11) is 0. The molecule has 1 aromatic carbocycles. The number of amides is 1. The molecule has 192 valence electrons. The van der Waals surface area contributed by atoms with Crippen molar-refractivity contribution in [1.29, 1.82) is 0 Å². The van der Waals surface area contributed by atoms with Gasteiger partial charge in [0.15, 0.2) is 0 Å². The normalized spacial score (nSPS) is 22.2. The highest BCUT2D eigenvalue weighted by Crippen LogP contribution is 2.40. The average molecular weight is 476 g/mol. The maximum atomic E-state index is 12.6. The molecule has 0 radical (unpaired) electrons. The van der Waals surface area contributed by atoms with Gasteiger partial charge in [0.05, 0.1) is 25.4 Å². The Morgan fingerprint density at radius 2 is 1.74 bits per heavy atom. The number of aliphatic hydroxyl groups excluding tert-OH is 3. The molecule has 0 saturated heterocycles. The molecule has 1 amide bonds. The molecule has 1 aromatic rings. The summed E-state index contributed by atoms with van der Waals surface area (Å²) in [6.07, 6.45) is 7.66. The predicted octanol–water partition coefficient (Wildman–Crippen LogP) is 3.66. The fourth-order valence-corrected chi connectivity index (χ4v) is 5.53. The third-order valence-electron chi connectivity index (χ3n) is 7.41. The molecule has 0 aromatic heterocycles. The van der Waals surface area contributed by atoms with E-state index in [-0.39, 0.29) is 43.2 Å². The Morgan fingerprint density at radius 3 is 2.41 bits per heavy atom. The van der Waals surface area contributed by atoms with Crippen LogP contribution in [0.15, 0.2) is 30.3 Å². The highest BCUT2D eigenvalue weighted by atomic mass is 16.3. The zero-order valence-corrected chi connectivity index (χ0v) is 21.0. The van der Waals surface area contributed by atoms with E-state index in [1.165, 1.54) is 5.56 Å². The van der Waals surface area contributed by atoms with Crippen molar-refractivity contribution in [1.82, 2.24) is 5.32 Å². The summed E-state index contributed by atoms with van der Waals surface area (Å²) >= 11 is 0. The van der Waals surface area contributed by atoms with Crippen LogP contribution in [0.3, 0.4) is 0 Å². The lowest BCUT2D eigenvalue weighted by Crippen LogP contribution is -2.39. The summed E-state index contributed by atoms with van der Waals surface area (Å²) in [6, 6.07) is 9.93. The number of unbranched alkanes of at least 4 members (excludes halogenated alkanes) is 3. The molecular formula is C28H45NO5. The van der Waals surface area contributed by atoms with Crippen LogP contribution in [0.4, 0.5) is 0 Å². The fraction of sp³-hybridized carbons (Fsp3) is 0.714. The Labute approximate surface area is 205 Å². The van der Waals surface area contributed by atoms with Gasteiger partial charge >= 0.3 is 0 Å². The van der Waals surface area contributed by atoms with Crippen molar-refractivity contribution in [2.45, 2.75) is 90.2 Å². The number of carbonyl (C=O) groups excluding carboxylic acids is 2. The summed E-state index contributed by atoms with van der Waals surface area (Å²) in [5.74, 6) is 0.904. The molecule has 1 aliphatic carbocycles. The Hall–Kier alpha value is -1.76. The molecule has 0 aliphatic heterocycles. The highest BCUT2D eigenvalue weighted by Gasteiger charge is 2.43. The molecule has 2 rings (SSSR count). The minimum Gasteiger partial charge on any atom is -0.394 e. The molecule has 34 heavy (non-hydrogen) atoms. The van der Waals surface area contributed by atoms with E-state index in [1.54, 1.807) is 0 Å². The minimum absolute atomic E-state index is 0.0475. The third kappa shape index (κ3) is 9.47. The van der Waals surface area contributed by atoms with Gasteiger partial charge in [-0.2, -0.15) is 0 Å². The van der Waals surface area contributed by atoms with Crippen LogP contribution in [0.2, 0.25) is 0 Å². The number of benzene rings is 1. The second-order valence-corrected chi connectivity index (χ2v) is 10.3. The lowest BCUT2D eigenvalue weighted by molar-refractivity contribution is -0.123. The van der Waals surface area contributed by atoms with Gasteiger partial charge in [-0.25, -0.2) is 0 Å². The highest BCUT2D eigenvalue weighted by molar-refractivity contribution is 5.84. The monoisotopic (exact) mass is 475 g/mol. The molecule has 1 fully saturated rings. The van der Waals surface area contributed by atoms with Gasteiger partial charge in [-0.15, -0.1) is 0 Å². The van der Waals surface area contributed by atoms with Crippen molar-refractivity contribution in [2.75, 3.05) is 13.2 Å². The van der Waals surface area contributed by atoms with Gasteiger partial charge in [0.2, 0.25) is 5.91 Å². The van der Waals surface area contributed by atoms with Gasteiger partial charge in [-0.05, 0) is 55.4 Å². The van der Waals surface area contributed by atoms with Gasteiger partial charge in [-0.3, -0.25) is 9.59 Å². The van der Waals surface area contributed by atoms with E-state index < -0.39 is 12.1 Å². The SMILES string of the molecule is C[C@@H](CCc1ccccc1)C[C@H](C)[C@@H]1C(CCCCCCC(=O)NC(CO)CO)C(=O)C[C@H]1O. The Bertz CT molecular complexity index is 721. The number of Topliss-reactive ketones (excluding diaryl/α,β-unsaturated/α-hetero) is 1.